The predicted octanol–water partition coefficient (Wildman–Crippen LogP) is 4.15. The molecule has 0 bridgehead atoms. The van der Waals surface area contributed by atoms with Crippen LogP contribution in [-0.2, 0) is 0 Å². The second kappa shape index (κ2) is 5.86. The van der Waals surface area contributed by atoms with Gasteiger partial charge in [-0.1, -0.05) is 45.3 Å². The van der Waals surface area contributed by atoms with Crippen molar-refractivity contribution in [3.63, 3.8) is 0 Å². The van der Waals surface area contributed by atoms with E-state index in [0.29, 0.717) is 11.5 Å². The highest BCUT2D eigenvalue weighted by molar-refractivity contribution is 5.06. The Hall–Kier alpha value is -0.300. The molecule has 1 fully saturated rings. The number of nitrogens with one attached hydrogen (secondary N) is 1. The first kappa shape index (κ1) is 13.8. The van der Waals surface area contributed by atoms with E-state index in [1.165, 1.54) is 31.3 Å². The molecule has 0 spiro atoms. The zero-order valence-electron chi connectivity index (χ0n) is 11.8. The molecule has 1 nitrogen and oxygen atoms in total. The maximum Gasteiger partial charge on any atom is 0.0285 e. The third kappa shape index (κ3) is 3.62. The standard InChI is InChI=1S/C15H29N/c1-6-16-14(11-12(2)3)13-9-7-8-10-15(13,4)5/h11,13-14,16H,6-10H2,1-5H3. The van der Waals surface area contributed by atoms with Gasteiger partial charge in [0.2, 0.25) is 0 Å². The first-order valence-electron chi connectivity index (χ1n) is 6.86. The number of allylic oxidation sites excluding steroid dienone is 1. The molecule has 0 radical (unpaired) electrons. The maximum absolute atomic E-state index is 3.66. The monoisotopic (exact) mass is 223 g/mol. The molecule has 1 heteroatoms. The summed E-state index contributed by atoms with van der Waals surface area (Å²) in [6.45, 7) is 12.6. The fourth-order valence-corrected chi connectivity index (χ4v) is 3.10. The van der Waals surface area contributed by atoms with Crippen molar-refractivity contribution in [2.45, 2.75) is 66.3 Å². The number of likely N-dealkylation sites (N-methyl/N-ethyl adjacent to an activating group) is 1. The quantitative estimate of drug-likeness (QED) is 0.706. The fraction of sp³-hybridized carbons (Fsp3) is 0.867. The van der Waals surface area contributed by atoms with Crippen LogP contribution in [0.15, 0.2) is 11.6 Å². The van der Waals surface area contributed by atoms with Gasteiger partial charge in [0.1, 0.15) is 0 Å². The third-order valence-electron chi connectivity index (χ3n) is 3.98. The third-order valence-corrected chi connectivity index (χ3v) is 3.98. The van der Waals surface area contributed by atoms with E-state index in [2.05, 4.69) is 46.0 Å². The minimum Gasteiger partial charge on any atom is -0.310 e. The topological polar surface area (TPSA) is 12.0 Å². The van der Waals surface area contributed by atoms with Gasteiger partial charge in [-0.3, -0.25) is 0 Å². The number of hydrogen-bond donors (Lipinski definition) is 1. The number of hydrogen-bond acceptors (Lipinski definition) is 1. The van der Waals surface area contributed by atoms with Gasteiger partial charge in [-0.25, -0.2) is 0 Å². The average Bonchev–Trinajstić information content (AvgIpc) is 2.15. The summed E-state index contributed by atoms with van der Waals surface area (Å²) in [7, 11) is 0. The minimum absolute atomic E-state index is 0.497. The molecule has 0 aromatic carbocycles. The smallest absolute Gasteiger partial charge is 0.0285 e. The summed E-state index contributed by atoms with van der Waals surface area (Å²) >= 11 is 0. The van der Waals surface area contributed by atoms with Crippen LogP contribution < -0.4 is 5.32 Å². The molecule has 1 N–H and O–H groups in total. The summed E-state index contributed by atoms with van der Waals surface area (Å²) in [5, 5.41) is 3.66. The molecule has 1 aliphatic rings. The van der Waals surface area contributed by atoms with Crippen molar-refractivity contribution in [2.75, 3.05) is 6.54 Å². The Morgan fingerprint density at radius 1 is 1.38 bits per heavy atom. The van der Waals surface area contributed by atoms with Gasteiger partial charge in [0.05, 0.1) is 0 Å². The van der Waals surface area contributed by atoms with Gasteiger partial charge in [0.15, 0.2) is 0 Å². The van der Waals surface area contributed by atoms with E-state index in [1.54, 1.807) is 0 Å². The second-order valence-corrected chi connectivity index (χ2v) is 6.17. The Bertz CT molecular complexity index is 236. The molecule has 94 valence electrons. The zero-order chi connectivity index (χ0) is 12.2. The molecule has 1 aliphatic carbocycles. The molecule has 0 aromatic heterocycles. The second-order valence-electron chi connectivity index (χ2n) is 6.17. The summed E-state index contributed by atoms with van der Waals surface area (Å²) in [5.41, 5.74) is 1.93. The van der Waals surface area contributed by atoms with Crippen LogP contribution in [0.25, 0.3) is 0 Å². The van der Waals surface area contributed by atoms with Gasteiger partial charge in [0.25, 0.3) is 0 Å². The fourth-order valence-electron chi connectivity index (χ4n) is 3.10. The van der Waals surface area contributed by atoms with E-state index < -0.39 is 0 Å². The first-order valence-corrected chi connectivity index (χ1v) is 6.86. The van der Waals surface area contributed by atoms with E-state index >= 15 is 0 Å². The Labute approximate surface area is 102 Å². The minimum atomic E-state index is 0.497. The Balaban J connectivity index is 2.79. The van der Waals surface area contributed by atoms with Crippen molar-refractivity contribution in [1.82, 2.24) is 5.32 Å². The van der Waals surface area contributed by atoms with Crippen LogP contribution in [0.1, 0.15) is 60.3 Å². The van der Waals surface area contributed by atoms with Crippen LogP contribution in [0.2, 0.25) is 0 Å². The molecule has 0 heterocycles. The van der Waals surface area contributed by atoms with Crippen LogP contribution in [0, 0.1) is 11.3 Å². The Morgan fingerprint density at radius 2 is 2.06 bits per heavy atom. The lowest BCUT2D eigenvalue weighted by molar-refractivity contribution is 0.114. The van der Waals surface area contributed by atoms with Crippen molar-refractivity contribution in [3.05, 3.63) is 11.6 Å². The SMILES string of the molecule is CCNC(C=C(C)C)C1CCCCC1(C)C. The van der Waals surface area contributed by atoms with Crippen molar-refractivity contribution < 1.29 is 0 Å². The lowest BCUT2D eigenvalue weighted by Gasteiger charge is -2.42. The highest BCUT2D eigenvalue weighted by Gasteiger charge is 2.36. The van der Waals surface area contributed by atoms with E-state index in [-0.39, 0.29) is 0 Å². The molecule has 2 unspecified atom stereocenters. The van der Waals surface area contributed by atoms with Crippen LogP contribution in [0.3, 0.4) is 0 Å². The van der Waals surface area contributed by atoms with Crippen molar-refractivity contribution in [1.29, 1.82) is 0 Å². The molecule has 0 amide bonds. The number of rotatable bonds is 4. The van der Waals surface area contributed by atoms with Gasteiger partial charge in [0, 0.05) is 6.04 Å². The van der Waals surface area contributed by atoms with E-state index in [9.17, 15) is 0 Å². The van der Waals surface area contributed by atoms with Crippen LogP contribution in [0.4, 0.5) is 0 Å². The van der Waals surface area contributed by atoms with Crippen molar-refractivity contribution >= 4 is 0 Å². The molecule has 0 aromatic rings. The van der Waals surface area contributed by atoms with Crippen LogP contribution in [-0.4, -0.2) is 12.6 Å². The van der Waals surface area contributed by atoms with Crippen LogP contribution >= 0.6 is 0 Å². The highest BCUT2D eigenvalue weighted by Crippen LogP contribution is 2.42. The predicted molar refractivity (Wildman–Crippen MR) is 72.6 cm³/mol. The van der Waals surface area contributed by atoms with Gasteiger partial charge in [-0.2, -0.15) is 0 Å². The largest absolute Gasteiger partial charge is 0.310 e. The van der Waals surface area contributed by atoms with E-state index in [0.717, 1.165) is 12.5 Å². The summed E-state index contributed by atoms with van der Waals surface area (Å²) in [5.74, 6) is 0.802. The summed E-state index contributed by atoms with van der Waals surface area (Å²) < 4.78 is 0. The van der Waals surface area contributed by atoms with Crippen LogP contribution in [0.5, 0.6) is 0 Å². The Kier molecular flexibility index (Phi) is 5.04. The summed E-state index contributed by atoms with van der Waals surface area (Å²) in [4.78, 5) is 0. The normalized spacial score (nSPS) is 26.2. The lowest BCUT2D eigenvalue weighted by Crippen LogP contribution is -2.43. The van der Waals surface area contributed by atoms with Gasteiger partial charge in [-0.05, 0) is 44.6 Å². The van der Waals surface area contributed by atoms with Crippen molar-refractivity contribution in [3.8, 4) is 0 Å². The molecule has 2 atom stereocenters. The van der Waals surface area contributed by atoms with Gasteiger partial charge in [-0.15, -0.1) is 0 Å². The average molecular weight is 223 g/mol. The lowest BCUT2D eigenvalue weighted by atomic mass is 9.65. The molecule has 16 heavy (non-hydrogen) atoms. The van der Waals surface area contributed by atoms with Gasteiger partial charge < -0.3 is 5.32 Å². The first-order chi connectivity index (χ1) is 7.47. The molecule has 1 rings (SSSR count). The molecule has 1 saturated carbocycles. The molecule has 0 aliphatic heterocycles. The van der Waals surface area contributed by atoms with Gasteiger partial charge >= 0.3 is 0 Å². The molecular formula is C15H29N. The molecular weight excluding hydrogens is 194 g/mol. The van der Waals surface area contributed by atoms with Crippen molar-refractivity contribution in [2.24, 2.45) is 11.3 Å². The summed E-state index contributed by atoms with van der Waals surface area (Å²) in [6, 6.07) is 0.574. The molecule has 0 saturated heterocycles. The van der Waals surface area contributed by atoms with E-state index in [4.69, 9.17) is 0 Å². The highest BCUT2D eigenvalue weighted by atomic mass is 14.9. The maximum atomic E-state index is 3.66. The zero-order valence-corrected chi connectivity index (χ0v) is 11.8. The van der Waals surface area contributed by atoms with E-state index in [1.807, 2.05) is 0 Å². The Morgan fingerprint density at radius 3 is 2.56 bits per heavy atom. The summed E-state index contributed by atoms with van der Waals surface area (Å²) in [6.07, 6.45) is 8.02.